The number of pyridine rings is 2. The summed E-state index contributed by atoms with van der Waals surface area (Å²) in [6.07, 6.45) is 3.48. The summed E-state index contributed by atoms with van der Waals surface area (Å²) in [7, 11) is -4.94. The Bertz CT molecular complexity index is 1510. The molecule has 0 bridgehead atoms. The van der Waals surface area contributed by atoms with E-state index in [-0.39, 0.29) is 17.1 Å². The molecule has 1 radical (unpaired) electrons. The molecule has 4 aromatic rings. The van der Waals surface area contributed by atoms with E-state index in [1.807, 2.05) is 98.8 Å². The second-order valence-corrected chi connectivity index (χ2v) is 12.5. The fourth-order valence-electron chi connectivity index (χ4n) is 3.33. The van der Waals surface area contributed by atoms with Crippen LogP contribution in [0.2, 0.25) is 0 Å². The molecule has 2 aromatic heterocycles. The van der Waals surface area contributed by atoms with E-state index in [0.717, 1.165) is 33.9 Å². The Morgan fingerprint density at radius 3 is 1.25 bits per heavy atom. The molecule has 4 rings (SSSR count). The van der Waals surface area contributed by atoms with Crippen molar-refractivity contribution in [1.82, 2.24) is 20.8 Å². The molecule has 0 amide bonds. The quantitative estimate of drug-likeness (QED) is 0.0647. The molecule has 12 nitrogen and oxygen atoms in total. The van der Waals surface area contributed by atoms with Crippen LogP contribution in [0.3, 0.4) is 0 Å². The fraction of sp³-hybridized carbons (Fsp3) is 0.133. The van der Waals surface area contributed by atoms with Gasteiger partial charge < -0.3 is 25.3 Å². The number of hydrogen-bond acceptors (Lipinski definition) is 12. The van der Waals surface area contributed by atoms with Crippen LogP contribution in [0, 0.1) is 17.4 Å². The van der Waals surface area contributed by atoms with Crippen LogP contribution in [-0.2, 0) is 42.3 Å². The molecule has 0 aliphatic rings. The summed E-state index contributed by atoms with van der Waals surface area (Å²) in [6, 6.07) is 27.6. The van der Waals surface area contributed by atoms with E-state index in [0.29, 0.717) is 23.4 Å². The fourth-order valence-corrected chi connectivity index (χ4v) is 4.39. The number of amidine groups is 2. The minimum atomic E-state index is -4.94. The van der Waals surface area contributed by atoms with Gasteiger partial charge in [0, 0.05) is 43.8 Å². The van der Waals surface area contributed by atoms with Gasteiger partial charge in [0.15, 0.2) is 0 Å². The minimum Gasteiger partial charge on any atom is -0.741 e. The maximum Gasteiger partial charge on any atom is 3.00 e. The van der Waals surface area contributed by atoms with Crippen LogP contribution in [0.4, 0.5) is 0 Å². The zero-order valence-electron chi connectivity index (χ0n) is 25.3. The first kappa shape index (κ1) is 43.6. The van der Waals surface area contributed by atoms with E-state index in [1.54, 1.807) is 12.4 Å². The second kappa shape index (κ2) is 23.8. The zero-order valence-corrected chi connectivity index (χ0v) is 33.1. The van der Waals surface area contributed by atoms with E-state index in [2.05, 4.69) is 86.2 Å². The van der Waals surface area contributed by atoms with Crippen molar-refractivity contribution in [3.63, 3.8) is 0 Å². The molecule has 0 saturated carbocycles. The number of aliphatic imine (C=N–C) groups is 2. The SMILES string of the molecule is CCN=C([S-])N/N=C(\c1ccc(I)cc1)c1ccccn1.CCN=C([S-])N/N=C(\c1ccc(I)cc1)c1ccccn1.[Fe+3].[O-][Cl+3]([O-])([O-])[O-]. The van der Waals surface area contributed by atoms with Crippen LogP contribution in [0.1, 0.15) is 36.4 Å². The Balaban J connectivity index is 0.000000413. The van der Waals surface area contributed by atoms with Crippen LogP contribution in [0.25, 0.3) is 0 Å². The zero-order chi connectivity index (χ0) is 34.7. The van der Waals surface area contributed by atoms with Crippen LogP contribution >= 0.6 is 45.2 Å². The molecule has 0 unspecified atom stereocenters. The average Bonchev–Trinajstić information content (AvgIpc) is 3.04. The number of halogens is 3. The molecule has 0 aliphatic heterocycles. The van der Waals surface area contributed by atoms with Crippen molar-refractivity contribution in [2.45, 2.75) is 13.8 Å². The third kappa shape index (κ3) is 18.4. The normalized spacial score (nSPS) is 12.0. The summed E-state index contributed by atoms with van der Waals surface area (Å²) in [5.41, 5.74) is 10.6. The number of hydrogen-bond donors (Lipinski definition) is 2. The predicted octanol–water partition coefficient (Wildman–Crippen LogP) is 1.14. The van der Waals surface area contributed by atoms with Crippen molar-refractivity contribution in [3.05, 3.63) is 127 Å². The Morgan fingerprint density at radius 2 is 0.979 bits per heavy atom. The molecule has 253 valence electrons. The van der Waals surface area contributed by atoms with Crippen LogP contribution in [-0.4, -0.2) is 44.8 Å². The Morgan fingerprint density at radius 1 is 0.646 bits per heavy atom. The van der Waals surface area contributed by atoms with Gasteiger partial charge in [0.25, 0.3) is 0 Å². The molecule has 0 spiro atoms. The Kier molecular flexibility index (Phi) is 21.7. The third-order valence-corrected chi connectivity index (χ3v) is 7.06. The predicted molar refractivity (Wildman–Crippen MR) is 195 cm³/mol. The number of hydrazone groups is 2. The van der Waals surface area contributed by atoms with E-state index in [1.165, 1.54) is 7.14 Å². The molecule has 0 fully saturated rings. The van der Waals surface area contributed by atoms with Gasteiger partial charge in [0.2, 0.25) is 0 Å². The summed E-state index contributed by atoms with van der Waals surface area (Å²) < 4.78 is 36.3. The molecule has 0 atom stereocenters. The van der Waals surface area contributed by atoms with E-state index < -0.39 is 10.2 Å². The summed E-state index contributed by atoms with van der Waals surface area (Å²) in [5, 5.41) is 9.50. The summed E-state index contributed by atoms with van der Waals surface area (Å²) >= 11 is 14.7. The van der Waals surface area contributed by atoms with Crippen molar-refractivity contribution >= 4 is 92.2 Å². The summed E-state index contributed by atoms with van der Waals surface area (Å²) in [6.45, 7) is 5.11. The average molecular weight is 974 g/mol. The van der Waals surface area contributed by atoms with Crippen LogP contribution < -0.4 is 29.5 Å². The molecule has 18 heteroatoms. The summed E-state index contributed by atoms with van der Waals surface area (Å²) in [5.74, 6) is 0. The number of nitrogens with one attached hydrogen (secondary N) is 2. The van der Waals surface area contributed by atoms with E-state index in [9.17, 15) is 0 Å². The largest absolute Gasteiger partial charge is 3.00 e. The molecular formula is C30H28ClFeI2N8O4S2. The minimum absolute atomic E-state index is 0. The monoisotopic (exact) mass is 973 g/mol. The van der Waals surface area contributed by atoms with Gasteiger partial charge in [-0.1, -0.05) is 36.4 Å². The van der Waals surface area contributed by atoms with Crippen molar-refractivity contribution in [2.75, 3.05) is 13.1 Å². The van der Waals surface area contributed by atoms with Gasteiger partial charge in [-0.05, 0) is 118 Å². The molecule has 2 aromatic carbocycles. The number of benzene rings is 2. The maximum absolute atomic E-state index is 8.49. The molecule has 2 N–H and O–H groups in total. The number of rotatable bonds is 8. The van der Waals surface area contributed by atoms with Gasteiger partial charge in [0.05, 0.1) is 11.4 Å². The molecule has 0 aliphatic carbocycles. The van der Waals surface area contributed by atoms with Gasteiger partial charge in [0.1, 0.15) is 11.4 Å². The number of nitrogens with zero attached hydrogens (tertiary/aromatic N) is 6. The summed E-state index contributed by atoms with van der Waals surface area (Å²) in [4.78, 5) is 16.9. The first-order valence-corrected chi connectivity index (χ1v) is 17.7. The van der Waals surface area contributed by atoms with E-state index >= 15 is 0 Å². The standard InChI is InChI=1S/2C15H15IN4S.ClHO4.Fe/c2*1-2-17-15(21)20-19-14(13-5-3-4-10-18-13)11-6-8-12(16)9-7-11;2-1(3,4)5;/h2*3-10H,2H2,1H3,(H2,17,20,21);(H,2,3,4,5);/q;;;+3/p-3/b2*19-14+;;. The van der Waals surface area contributed by atoms with Crippen LogP contribution in [0.5, 0.6) is 0 Å². The first-order valence-electron chi connectivity index (χ1n) is 13.5. The van der Waals surface area contributed by atoms with Crippen molar-refractivity contribution in [3.8, 4) is 0 Å². The van der Waals surface area contributed by atoms with Crippen molar-refractivity contribution in [1.29, 1.82) is 0 Å². The van der Waals surface area contributed by atoms with Crippen molar-refractivity contribution in [2.24, 2.45) is 20.2 Å². The smallest absolute Gasteiger partial charge is 0.741 e. The Labute approximate surface area is 330 Å². The van der Waals surface area contributed by atoms with Gasteiger partial charge in [-0.2, -0.15) is 10.2 Å². The molecule has 48 heavy (non-hydrogen) atoms. The maximum atomic E-state index is 8.49. The molecular weight excluding hydrogens is 946 g/mol. The van der Waals surface area contributed by atoms with Gasteiger partial charge in [-0.25, -0.2) is 18.6 Å². The third-order valence-electron chi connectivity index (χ3n) is 5.18. The van der Waals surface area contributed by atoms with Gasteiger partial charge in [-0.3, -0.25) is 30.8 Å². The first-order chi connectivity index (χ1) is 22.4. The second-order valence-electron chi connectivity index (χ2n) is 8.53. The van der Waals surface area contributed by atoms with Gasteiger partial charge in [-0.15, -0.1) is 10.2 Å². The van der Waals surface area contributed by atoms with E-state index in [4.69, 9.17) is 43.9 Å². The van der Waals surface area contributed by atoms with Crippen molar-refractivity contribution < 1.29 is 45.9 Å². The molecule has 2 heterocycles. The number of aromatic nitrogens is 2. The topological polar surface area (TPSA) is 192 Å². The van der Waals surface area contributed by atoms with Crippen LogP contribution in [0.15, 0.2) is 118 Å². The Hall–Kier alpha value is -2.43. The molecule has 0 saturated heterocycles. The van der Waals surface area contributed by atoms with Gasteiger partial charge >= 0.3 is 17.1 Å².